The van der Waals surface area contributed by atoms with Crippen LogP contribution in [0, 0.1) is 11.6 Å². The SMILES string of the molecule is C=CC(=O)Nc1cccc(-n2c(=O)c(C(=O)c3ccc(F)cc3F)cc3cnc(Nc4cnn(C)c4)nc32)c1. The normalized spacial score (nSPS) is 10.8. The maximum Gasteiger partial charge on any atom is 0.268 e. The fourth-order valence-corrected chi connectivity index (χ4v) is 3.91. The molecule has 0 saturated heterocycles. The van der Waals surface area contributed by atoms with Gasteiger partial charge < -0.3 is 10.6 Å². The lowest BCUT2D eigenvalue weighted by atomic mass is 10.0. The first-order valence-corrected chi connectivity index (χ1v) is 11.5. The lowest BCUT2D eigenvalue weighted by molar-refractivity contribution is -0.111. The number of nitrogens with one attached hydrogen (secondary N) is 2. The Hall–Kier alpha value is -5.52. The summed E-state index contributed by atoms with van der Waals surface area (Å²) in [5.74, 6) is -3.23. The Morgan fingerprint density at radius 3 is 2.56 bits per heavy atom. The van der Waals surface area contributed by atoms with Crippen LogP contribution in [-0.2, 0) is 11.8 Å². The molecule has 5 aromatic rings. The van der Waals surface area contributed by atoms with Gasteiger partial charge in [0.2, 0.25) is 17.6 Å². The first kappa shape index (κ1) is 25.1. The molecule has 2 aromatic carbocycles. The van der Waals surface area contributed by atoms with Crippen LogP contribution >= 0.6 is 0 Å². The molecule has 3 heterocycles. The molecule has 3 aromatic heterocycles. The Morgan fingerprint density at radius 1 is 1.03 bits per heavy atom. The number of nitrogens with zero attached hydrogens (tertiary/aromatic N) is 5. The van der Waals surface area contributed by atoms with E-state index in [2.05, 4.69) is 32.3 Å². The highest BCUT2D eigenvalue weighted by Crippen LogP contribution is 2.23. The van der Waals surface area contributed by atoms with E-state index in [0.717, 1.165) is 22.8 Å². The van der Waals surface area contributed by atoms with Crippen molar-refractivity contribution in [1.82, 2.24) is 24.3 Å². The van der Waals surface area contributed by atoms with Gasteiger partial charge in [-0.25, -0.2) is 13.8 Å². The van der Waals surface area contributed by atoms with Crippen molar-refractivity contribution < 1.29 is 18.4 Å². The van der Waals surface area contributed by atoms with Gasteiger partial charge in [-0.3, -0.25) is 23.6 Å². The molecule has 194 valence electrons. The number of fused-ring (bicyclic) bond motifs is 1. The minimum absolute atomic E-state index is 0.129. The monoisotopic (exact) mass is 527 g/mol. The third-order valence-electron chi connectivity index (χ3n) is 5.68. The summed E-state index contributed by atoms with van der Waals surface area (Å²) in [6.07, 6.45) is 5.75. The van der Waals surface area contributed by atoms with Crippen LogP contribution in [0.2, 0.25) is 0 Å². The molecule has 0 atom stereocenters. The molecule has 0 aliphatic rings. The van der Waals surface area contributed by atoms with Crippen LogP contribution in [0.4, 0.5) is 26.1 Å². The van der Waals surface area contributed by atoms with Gasteiger partial charge in [-0.15, -0.1) is 0 Å². The van der Waals surface area contributed by atoms with Crippen LogP contribution in [0.15, 0.2) is 84.6 Å². The molecule has 2 N–H and O–H groups in total. The predicted octanol–water partition coefficient (Wildman–Crippen LogP) is 3.89. The van der Waals surface area contributed by atoms with Crippen LogP contribution in [0.3, 0.4) is 0 Å². The maximum absolute atomic E-state index is 14.5. The van der Waals surface area contributed by atoms with E-state index in [0.29, 0.717) is 17.4 Å². The Morgan fingerprint density at radius 2 is 1.85 bits per heavy atom. The maximum atomic E-state index is 14.5. The van der Waals surface area contributed by atoms with Crippen LogP contribution in [0.1, 0.15) is 15.9 Å². The van der Waals surface area contributed by atoms with Gasteiger partial charge >= 0.3 is 0 Å². The molecule has 0 radical (unpaired) electrons. The van der Waals surface area contributed by atoms with E-state index in [9.17, 15) is 23.2 Å². The number of amides is 1. The Bertz CT molecular complexity index is 1850. The lowest BCUT2D eigenvalue weighted by Gasteiger charge is -2.14. The average Bonchev–Trinajstić information content (AvgIpc) is 3.32. The second-order valence-electron chi connectivity index (χ2n) is 8.40. The number of rotatable bonds is 7. The summed E-state index contributed by atoms with van der Waals surface area (Å²) in [5.41, 5.74) is -0.335. The molecule has 1 amide bonds. The summed E-state index contributed by atoms with van der Waals surface area (Å²) >= 11 is 0. The van der Waals surface area contributed by atoms with Gasteiger partial charge in [-0.05, 0) is 42.5 Å². The van der Waals surface area contributed by atoms with E-state index in [1.54, 1.807) is 42.3 Å². The summed E-state index contributed by atoms with van der Waals surface area (Å²) in [4.78, 5) is 47.7. The van der Waals surface area contributed by atoms with E-state index in [1.165, 1.54) is 18.3 Å². The summed E-state index contributed by atoms with van der Waals surface area (Å²) in [6, 6.07) is 10.0. The van der Waals surface area contributed by atoms with Crippen molar-refractivity contribution in [2.45, 2.75) is 0 Å². The molecule has 0 aliphatic carbocycles. The molecule has 0 aliphatic heterocycles. The number of benzene rings is 2. The number of carbonyl (C=O) groups excluding carboxylic acids is 2. The number of hydrogen-bond donors (Lipinski definition) is 2. The predicted molar refractivity (Wildman–Crippen MR) is 140 cm³/mol. The molecule has 10 nitrogen and oxygen atoms in total. The number of aromatic nitrogens is 5. The number of pyridine rings is 1. The van der Waals surface area contributed by atoms with Gasteiger partial charge in [-0.1, -0.05) is 12.6 Å². The highest BCUT2D eigenvalue weighted by atomic mass is 19.1. The van der Waals surface area contributed by atoms with Crippen LogP contribution in [0.5, 0.6) is 0 Å². The van der Waals surface area contributed by atoms with Crippen molar-refractivity contribution >= 4 is 40.0 Å². The molecule has 0 saturated carbocycles. The van der Waals surface area contributed by atoms with Crippen LogP contribution < -0.4 is 16.2 Å². The molecule has 0 unspecified atom stereocenters. The van der Waals surface area contributed by atoms with E-state index in [4.69, 9.17) is 0 Å². The number of carbonyl (C=O) groups is 2. The van der Waals surface area contributed by atoms with Gasteiger partial charge in [0.25, 0.3) is 5.56 Å². The Balaban J connectivity index is 1.72. The summed E-state index contributed by atoms with van der Waals surface area (Å²) in [7, 11) is 1.74. The smallest absolute Gasteiger partial charge is 0.268 e. The van der Waals surface area contributed by atoms with Gasteiger partial charge in [0.15, 0.2) is 5.65 Å². The highest BCUT2D eigenvalue weighted by Gasteiger charge is 2.22. The lowest BCUT2D eigenvalue weighted by Crippen LogP contribution is -2.27. The van der Waals surface area contributed by atoms with Gasteiger partial charge in [0, 0.05) is 36.6 Å². The molecule has 0 bridgehead atoms. The first-order chi connectivity index (χ1) is 18.7. The summed E-state index contributed by atoms with van der Waals surface area (Å²) < 4.78 is 30.7. The molecule has 39 heavy (non-hydrogen) atoms. The van der Waals surface area contributed by atoms with Crippen molar-refractivity contribution in [2.75, 3.05) is 10.6 Å². The molecule has 5 rings (SSSR count). The molecule has 12 heteroatoms. The van der Waals surface area contributed by atoms with Crippen LogP contribution in [-0.4, -0.2) is 36.0 Å². The second kappa shape index (κ2) is 10.1. The van der Waals surface area contributed by atoms with E-state index >= 15 is 0 Å². The largest absolute Gasteiger partial charge is 0.322 e. The van der Waals surface area contributed by atoms with Crippen molar-refractivity contribution in [3.63, 3.8) is 0 Å². The third-order valence-corrected chi connectivity index (χ3v) is 5.68. The van der Waals surface area contributed by atoms with Gasteiger partial charge in [-0.2, -0.15) is 10.1 Å². The van der Waals surface area contributed by atoms with Crippen molar-refractivity contribution in [3.8, 4) is 5.69 Å². The number of aryl methyl sites for hydroxylation is 1. The standard InChI is InChI=1S/C27H19F2N7O3/c1-3-23(37)32-17-5-4-6-19(11-17)36-25-15(12-30-27(34-25)33-18-13-31-35(2)14-18)9-21(26(36)39)24(38)20-8-7-16(28)10-22(20)29/h3-14H,1H2,2H3,(H,32,37)(H,30,33,34). The minimum atomic E-state index is -1.10. The first-order valence-electron chi connectivity index (χ1n) is 11.5. The fourth-order valence-electron chi connectivity index (χ4n) is 3.91. The zero-order valence-corrected chi connectivity index (χ0v) is 20.4. The van der Waals surface area contributed by atoms with Crippen molar-refractivity contribution in [2.24, 2.45) is 7.05 Å². The summed E-state index contributed by atoms with van der Waals surface area (Å²) in [6.45, 7) is 3.42. The summed E-state index contributed by atoms with van der Waals surface area (Å²) in [5, 5.41) is 9.97. The molecular weight excluding hydrogens is 508 g/mol. The average molecular weight is 527 g/mol. The zero-order valence-electron chi connectivity index (χ0n) is 20.4. The van der Waals surface area contributed by atoms with E-state index < -0.39 is 34.4 Å². The van der Waals surface area contributed by atoms with Crippen molar-refractivity contribution in [3.05, 3.63) is 113 Å². The highest BCUT2D eigenvalue weighted by molar-refractivity contribution is 6.10. The van der Waals surface area contributed by atoms with Crippen LogP contribution in [0.25, 0.3) is 16.7 Å². The Labute approximate surface area is 219 Å². The van der Waals surface area contributed by atoms with Crippen molar-refractivity contribution in [1.29, 1.82) is 0 Å². The zero-order chi connectivity index (χ0) is 27.7. The molecule has 0 spiro atoms. The number of hydrogen-bond acceptors (Lipinski definition) is 7. The van der Waals surface area contributed by atoms with E-state index in [-0.39, 0.29) is 28.2 Å². The number of anilines is 3. The van der Waals surface area contributed by atoms with E-state index in [1.807, 2.05) is 0 Å². The number of halogens is 2. The third kappa shape index (κ3) is 5.03. The quantitative estimate of drug-likeness (QED) is 0.243. The second-order valence-corrected chi connectivity index (χ2v) is 8.40. The molecular formula is C27H19F2N7O3. The van der Waals surface area contributed by atoms with Gasteiger partial charge in [0.05, 0.1) is 28.7 Å². The fraction of sp³-hybridized carbons (Fsp3) is 0.0370. The minimum Gasteiger partial charge on any atom is -0.322 e. The topological polar surface area (TPSA) is 124 Å². The number of ketones is 1. The van der Waals surface area contributed by atoms with Gasteiger partial charge in [0.1, 0.15) is 11.6 Å². The molecule has 0 fully saturated rings. The Kier molecular flexibility index (Phi) is 6.51.